The molecule has 0 saturated heterocycles. The number of imidazole rings is 1. The van der Waals surface area contributed by atoms with E-state index >= 15 is 0 Å². The van der Waals surface area contributed by atoms with Crippen molar-refractivity contribution in [2.24, 2.45) is 5.92 Å². The van der Waals surface area contributed by atoms with Crippen molar-refractivity contribution in [3.05, 3.63) is 64.7 Å². The number of rotatable bonds is 7. The first-order valence-corrected chi connectivity index (χ1v) is 12.0. The molecule has 0 radical (unpaired) electrons. The van der Waals surface area contributed by atoms with E-state index < -0.39 is 11.8 Å². The van der Waals surface area contributed by atoms with Crippen molar-refractivity contribution >= 4 is 39.5 Å². The van der Waals surface area contributed by atoms with Gasteiger partial charge in [-0.15, -0.1) is 10.2 Å². The number of halogens is 2. The Morgan fingerprint density at radius 3 is 2.41 bits per heavy atom. The highest BCUT2D eigenvalue weighted by Crippen LogP contribution is 2.37. The van der Waals surface area contributed by atoms with Crippen molar-refractivity contribution in [2.75, 3.05) is 0 Å². The molecule has 0 aliphatic heterocycles. The van der Waals surface area contributed by atoms with Crippen LogP contribution in [0.2, 0.25) is 0 Å². The number of hydrogen-bond acceptors (Lipinski definition) is 5. The Balaban J connectivity index is 1.64. The minimum atomic E-state index is -2.72. The average molecular weight is 483 g/mol. The minimum absolute atomic E-state index is 0.111. The maximum atomic E-state index is 14.0. The quantitative estimate of drug-likeness (QED) is 0.279. The second kappa shape index (κ2) is 8.83. The van der Waals surface area contributed by atoms with Gasteiger partial charge in [-0.2, -0.15) is 8.78 Å². The van der Waals surface area contributed by atoms with Crippen LogP contribution in [-0.2, 0) is 6.54 Å². The summed E-state index contributed by atoms with van der Waals surface area (Å²) in [6.45, 7) is 3.83. The average Bonchev–Trinajstić information content (AvgIpc) is 3.41. The molecule has 3 heterocycles. The molecule has 0 aliphatic rings. The zero-order valence-electron chi connectivity index (χ0n) is 19.0. The third kappa shape index (κ3) is 3.75. The Hall–Kier alpha value is -3.27. The number of aromatic nitrogens is 6. The molecule has 0 spiro atoms. The van der Waals surface area contributed by atoms with Gasteiger partial charge in [0.05, 0.1) is 27.2 Å². The predicted molar refractivity (Wildman–Crippen MR) is 129 cm³/mol. The Morgan fingerprint density at radius 2 is 1.68 bits per heavy atom. The van der Waals surface area contributed by atoms with Gasteiger partial charge in [-0.05, 0) is 43.5 Å². The summed E-state index contributed by atoms with van der Waals surface area (Å²) in [6, 6.07) is 14.2. The van der Waals surface area contributed by atoms with Crippen LogP contribution in [0.5, 0.6) is 0 Å². The lowest BCUT2D eigenvalue weighted by atomic mass is 10.1. The molecule has 0 fully saturated rings. The third-order valence-electron chi connectivity index (χ3n) is 5.87. The largest absolute Gasteiger partial charge is 0.320 e. The molecule has 1 unspecified atom stereocenters. The standard InChI is InChI=1S/C24H24F2N6OS/c1-14(2)12-13-30-21(33)16-8-4-6-10-18(16)32-23(30)28-29-24(32)34-15(3)20-27-17-9-5-7-11-19(17)31(20)22(25)26/h4-11,14-15,22H,12-13H2,1-3H3. The highest BCUT2D eigenvalue weighted by molar-refractivity contribution is 7.99. The Labute approximate surface area is 198 Å². The van der Waals surface area contributed by atoms with E-state index in [4.69, 9.17) is 0 Å². The molecule has 0 aliphatic carbocycles. The van der Waals surface area contributed by atoms with Crippen LogP contribution in [0.15, 0.2) is 58.5 Å². The van der Waals surface area contributed by atoms with Crippen molar-refractivity contribution in [1.29, 1.82) is 0 Å². The number of fused-ring (bicyclic) bond motifs is 4. The first-order chi connectivity index (χ1) is 16.4. The lowest BCUT2D eigenvalue weighted by molar-refractivity contribution is 0.0715. The van der Waals surface area contributed by atoms with Gasteiger partial charge in [-0.3, -0.25) is 18.3 Å². The van der Waals surface area contributed by atoms with Gasteiger partial charge < -0.3 is 0 Å². The number of para-hydroxylation sites is 3. The van der Waals surface area contributed by atoms with E-state index in [0.29, 0.717) is 45.3 Å². The first kappa shape index (κ1) is 22.5. The van der Waals surface area contributed by atoms with E-state index in [9.17, 15) is 13.6 Å². The van der Waals surface area contributed by atoms with Crippen LogP contribution in [0.3, 0.4) is 0 Å². The molecule has 176 valence electrons. The van der Waals surface area contributed by atoms with Crippen LogP contribution >= 0.6 is 11.8 Å². The van der Waals surface area contributed by atoms with Gasteiger partial charge in [0.2, 0.25) is 5.78 Å². The molecular formula is C24H24F2N6OS. The fraction of sp³-hybridized carbons (Fsp3) is 0.333. The zero-order valence-corrected chi connectivity index (χ0v) is 19.8. The molecular weight excluding hydrogens is 458 g/mol. The summed E-state index contributed by atoms with van der Waals surface area (Å²) in [4.78, 5) is 17.7. The fourth-order valence-corrected chi connectivity index (χ4v) is 5.13. The van der Waals surface area contributed by atoms with E-state index in [1.54, 1.807) is 34.9 Å². The molecule has 0 amide bonds. The molecule has 34 heavy (non-hydrogen) atoms. The van der Waals surface area contributed by atoms with Crippen molar-refractivity contribution in [3.8, 4) is 0 Å². The number of alkyl halides is 2. The Bertz CT molecular complexity index is 1550. The van der Waals surface area contributed by atoms with Gasteiger partial charge >= 0.3 is 6.55 Å². The SMILES string of the molecule is CC(C)CCn1c(=O)c2ccccc2n2c(SC(C)c3nc4ccccc4n3C(F)F)nnc12. The van der Waals surface area contributed by atoms with Gasteiger partial charge in [0.1, 0.15) is 5.82 Å². The molecule has 1 atom stereocenters. The highest BCUT2D eigenvalue weighted by atomic mass is 32.2. The minimum Gasteiger partial charge on any atom is -0.276 e. The normalized spacial score (nSPS) is 13.1. The Morgan fingerprint density at radius 1 is 0.971 bits per heavy atom. The van der Waals surface area contributed by atoms with Crippen molar-refractivity contribution in [3.63, 3.8) is 0 Å². The van der Waals surface area contributed by atoms with E-state index in [0.717, 1.165) is 11.0 Å². The van der Waals surface area contributed by atoms with Crippen LogP contribution in [0.1, 0.15) is 44.8 Å². The molecule has 2 aromatic carbocycles. The van der Waals surface area contributed by atoms with Crippen molar-refractivity contribution in [2.45, 2.75) is 50.7 Å². The molecule has 0 saturated carbocycles. The second-order valence-electron chi connectivity index (χ2n) is 8.64. The number of hydrogen-bond donors (Lipinski definition) is 0. The molecule has 10 heteroatoms. The topological polar surface area (TPSA) is 70.0 Å². The molecule has 0 bridgehead atoms. The van der Waals surface area contributed by atoms with E-state index in [2.05, 4.69) is 29.0 Å². The molecule has 5 rings (SSSR count). The van der Waals surface area contributed by atoms with E-state index in [1.807, 2.05) is 29.5 Å². The first-order valence-electron chi connectivity index (χ1n) is 11.1. The number of thioether (sulfide) groups is 1. The smallest absolute Gasteiger partial charge is 0.276 e. The fourth-order valence-electron chi connectivity index (χ4n) is 4.16. The summed E-state index contributed by atoms with van der Waals surface area (Å²) in [5.41, 5.74) is 1.48. The van der Waals surface area contributed by atoms with E-state index in [-0.39, 0.29) is 11.4 Å². The van der Waals surface area contributed by atoms with Crippen LogP contribution in [-0.4, -0.2) is 28.7 Å². The monoisotopic (exact) mass is 482 g/mol. The van der Waals surface area contributed by atoms with Crippen LogP contribution in [0.4, 0.5) is 8.78 Å². The lowest BCUT2D eigenvalue weighted by Crippen LogP contribution is -2.24. The van der Waals surface area contributed by atoms with Crippen LogP contribution in [0, 0.1) is 5.92 Å². The zero-order chi connectivity index (χ0) is 24.0. The second-order valence-corrected chi connectivity index (χ2v) is 9.95. The molecule has 7 nitrogen and oxygen atoms in total. The Kier molecular flexibility index (Phi) is 5.85. The summed E-state index contributed by atoms with van der Waals surface area (Å²) in [5.74, 6) is 1.12. The van der Waals surface area contributed by atoms with Gasteiger partial charge in [-0.25, -0.2) is 4.98 Å². The summed E-state index contributed by atoms with van der Waals surface area (Å²) in [6.07, 6.45) is 0.818. The van der Waals surface area contributed by atoms with Gasteiger partial charge in [-0.1, -0.05) is 49.9 Å². The van der Waals surface area contributed by atoms with Crippen LogP contribution in [0.25, 0.3) is 27.7 Å². The number of nitrogens with zero attached hydrogens (tertiary/aromatic N) is 6. The van der Waals surface area contributed by atoms with Gasteiger partial charge in [0.25, 0.3) is 5.56 Å². The highest BCUT2D eigenvalue weighted by Gasteiger charge is 2.25. The lowest BCUT2D eigenvalue weighted by Gasteiger charge is -2.15. The van der Waals surface area contributed by atoms with Crippen molar-refractivity contribution < 1.29 is 8.78 Å². The molecule has 3 aromatic heterocycles. The van der Waals surface area contributed by atoms with Gasteiger partial charge in [0, 0.05) is 6.54 Å². The molecule has 0 N–H and O–H groups in total. The van der Waals surface area contributed by atoms with Crippen molar-refractivity contribution in [1.82, 2.24) is 28.7 Å². The van der Waals surface area contributed by atoms with Crippen LogP contribution < -0.4 is 5.56 Å². The summed E-state index contributed by atoms with van der Waals surface area (Å²) in [5, 5.41) is 9.33. The summed E-state index contributed by atoms with van der Waals surface area (Å²) < 4.78 is 32.4. The predicted octanol–water partition coefficient (Wildman–Crippen LogP) is 5.69. The maximum absolute atomic E-state index is 14.0. The maximum Gasteiger partial charge on any atom is 0.320 e. The van der Waals surface area contributed by atoms with E-state index in [1.165, 1.54) is 11.8 Å². The van der Waals surface area contributed by atoms with Gasteiger partial charge in [0.15, 0.2) is 5.16 Å². The number of benzene rings is 2. The summed E-state index contributed by atoms with van der Waals surface area (Å²) in [7, 11) is 0. The molecule has 5 aromatic rings. The third-order valence-corrected chi connectivity index (χ3v) is 6.91. The summed E-state index contributed by atoms with van der Waals surface area (Å²) >= 11 is 1.29. The number of aryl methyl sites for hydroxylation is 1.